The van der Waals surface area contributed by atoms with E-state index in [1.165, 1.54) is 0 Å². The number of alkyl halides is 3. The van der Waals surface area contributed by atoms with E-state index in [9.17, 15) is 18.0 Å². The first-order valence-corrected chi connectivity index (χ1v) is 5.89. The quantitative estimate of drug-likeness (QED) is 0.768. The fourth-order valence-corrected chi connectivity index (χ4v) is 2.53. The number of carboxylic acids is 1. The zero-order valence-corrected chi connectivity index (χ0v) is 10.4. The topological polar surface area (TPSA) is 49.3 Å². The van der Waals surface area contributed by atoms with Gasteiger partial charge in [0.15, 0.2) is 0 Å². The molecule has 18 heavy (non-hydrogen) atoms. The molecule has 0 radical (unpaired) electrons. The van der Waals surface area contributed by atoms with Gasteiger partial charge < -0.3 is 5.11 Å². The maximum Gasteiger partial charge on any atom is 0.401 e. The molecule has 0 aromatic rings. The van der Waals surface area contributed by atoms with E-state index in [1.54, 1.807) is 0 Å². The van der Waals surface area contributed by atoms with Gasteiger partial charge >= 0.3 is 12.1 Å². The SMILES string of the molecule is CC1=CC(C)CC(C(NCC(F)(F)F)C(=O)O)C1. The monoisotopic (exact) mass is 265 g/mol. The molecule has 1 aliphatic rings. The molecule has 0 heterocycles. The van der Waals surface area contributed by atoms with E-state index in [2.05, 4.69) is 5.32 Å². The second-order valence-electron chi connectivity index (χ2n) is 5.00. The predicted molar refractivity (Wildman–Crippen MR) is 61.1 cm³/mol. The Kier molecular flexibility index (Phi) is 4.78. The molecule has 0 aromatic carbocycles. The number of aliphatic carboxylic acids is 1. The van der Waals surface area contributed by atoms with Crippen LogP contribution < -0.4 is 5.32 Å². The molecule has 3 unspecified atom stereocenters. The largest absolute Gasteiger partial charge is 0.480 e. The van der Waals surface area contributed by atoms with Gasteiger partial charge in [0.05, 0.1) is 6.54 Å². The van der Waals surface area contributed by atoms with Crippen LogP contribution in [0.3, 0.4) is 0 Å². The second-order valence-corrected chi connectivity index (χ2v) is 5.00. The van der Waals surface area contributed by atoms with Gasteiger partial charge in [0.1, 0.15) is 6.04 Å². The van der Waals surface area contributed by atoms with Crippen LogP contribution in [0, 0.1) is 11.8 Å². The third kappa shape index (κ3) is 4.68. The average Bonchev–Trinajstić information content (AvgIpc) is 2.13. The minimum absolute atomic E-state index is 0.207. The summed E-state index contributed by atoms with van der Waals surface area (Å²) in [6.07, 6.45) is -1.22. The van der Waals surface area contributed by atoms with Crippen LogP contribution in [0.4, 0.5) is 13.2 Å². The van der Waals surface area contributed by atoms with E-state index in [0.717, 1.165) is 5.57 Å². The molecule has 104 valence electrons. The van der Waals surface area contributed by atoms with E-state index in [1.807, 2.05) is 19.9 Å². The molecule has 0 saturated carbocycles. The lowest BCUT2D eigenvalue weighted by atomic mass is 9.79. The molecular weight excluding hydrogens is 247 g/mol. The van der Waals surface area contributed by atoms with Crippen LogP contribution in [0.5, 0.6) is 0 Å². The highest BCUT2D eigenvalue weighted by Gasteiger charge is 2.35. The smallest absolute Gasteiger partial charge is 0.401 e. The van der Waals surface area contributed by atoms with Crippen LogP contribution in [0.25, 0.3) is 0 Å². The van der Waals surface area contributed by atoms with Gasteiger partial charge in [0.25, 0.3) is 0 Å². The van der Waals surface area contributed by atoms with Gasteiger partial charge in [-0.1, -0.05) is 18.6 Å². The van der Waals surface area contributed by atoms with Crippen molar-refractivity contribution in [3.8, 4) is 0 Å². The predicted octanol–water partition coefficient (Wildman–Crippen LogP) is 2.58. The van der Waals surface area contributed by atoms with Crippen molar-refractivity contribution in [1.29, 1.82) is 0 Å². The molecule has 0 aliphatic heterocycles. The number of hydrogen-bond acceptors (Lipinski definition) is 2. The van der Waals surface area contributed by atoms with Crippen LogP contribution in [-0.4, -0.2) is 29.8 Å². The Bertz CT molecular complexity index is 339. The van der Waals surface area contributed by atoms with Crippen molar-refractivity contribution >= 4 is 5.97 Å². The normalized spacial score (nSPS) is 26.6. The van der Waals surface area contributed by atoms with E-state index < -0.39 is 24.7 Å². The summed E-state index contributed by atoms with van der Waals surface area (Å²) in [5, 5.41) is 11.2. The Balaban J connectivity index is 2.68. The number of carboxylic acid groups (broad SMARTS) is 1. The first kappa shape index (κ1) is 15.0. The molecule has 0 aromatic heterocycles. The minimum atomic E-state index is -4.39. The van der Waals surface area contributed by atoms with E-state index in [-0.39, 0.29) is 11.8 Å². The third-order valence-electron chi connectivity index (χ3n) is 3.09. The average molecular weight is 265 g/mol. The summed E-state index contributed by atoms with van der Waals surface area (Å²) in [5.74, 6) is -1.30. The van der Waals surface area contributed by atoms with Gasteiger partial charge in [-0.3, -0.25) is 10.1 Å². The van der Waals surface area contributed by atoms with Gasteiger partial charge in [-0.15, -0.1) is 0 Å². The third-order valence-corrected chi connectivity index (χ3v) is 3.09. The highest BCUT2D eigenvalue weighted by molar-refractivity contribution is 5.74. The van der Waals surface area contributed by atoms with Crippen LogP contribution in [0.15, 0.2) is 11.6 Å². The number of halogens is 3. The Morgan fingerprint density at radius 3 is 2.67 bits per heavy atom. The molecular formula is C12H18F3NO2. The Labute approximate surface area is 104 Å². The number of hydrogen-bond donors (Lipinski definition) is 2. The number of allylic oxidation sites excluding steroid dienone is 2. The number of carbonyl (C=O) groups is 1. The molecule has 6 heteroatoms. The molecule has 2 N–H and O–H groups in total. The van der Waals surface area contributed by atoms with Crippen LogP contribution >= 0.6 is 0 Å². The Hall–Kier alpha value is -1.04. The fourth-order valence-electron chi connectivity index (χ4n) is 2.53. The van der Waals surface area contributed by atoms with Crippen molar-refractivity contribution in [3.05, 3.63) is 11.6 Å². The number of rotatable bonds is 4. The summed E-state index contributed by atoms with van der Waals surface area (Å²) >= 11 is 0. The molecule has 3 atom stereocenters. The van der Waals surface area contributed by atoms with Crippen LogP contribution in [0.2, 0.25) is 0 Å². The first-order chi connectivity index (χ1) is 8.19. The summed E-state index contributed by atoms with van der Waals surface area (Å²) < 4.78 is 36.4. The lowest BCUT2D eigenvalue weighted by molar-refractivity contribution is -0.145. The van der Waals surface area contributed by atoms with Gasteiger partial charge in [-0.25, -0.2) is 0 Å². The molecule has 1 rings (SSSR count). The van der Waals surface area contributed by atoms with Crippen molar-refractivity contribution in [2.24, 2.45) is 11.8 Å². The van der Waals surface area contributed by atoms with Crippen molar-refractivity contribution in [3.63, 3.8) is 0 Å². The van der Waals surface area contributed by atoms with E-state index >= 15 is 0 Å². The molecule has 0 amide bonds. The van der Waals surface area contributed by atoms with Gasteiger partial charge in [0.2, 0.25) is 0 Å². The molecule has 3 nitrogen and oxygen atoms in total. The van der Waals surface area contributed by atoms with Crippen molar-refractivity contribution in [2.75, 3.05) is 6.54 Å². The lowest BCUT2D eigenvalue weighted by Crippen LogP contribution is -2.47. The molecule has 0 saturated heterocycles. The van der Waals surface area contributed by atoms with Gasteiger partial charge in [-0.05, 0) is 31.6 Å². The minimum Gasteiger partial charge on any atom is -0.480 e. The molecule has 1 aliphatic carbocycles. The number of nitrogens with one attached hydrogen (secondary N) is 1. The highest BCUT2D eigenvalue weighted by Crippen LogP contribution is 2.30. The summed E-state index contributed by atoms with van der Waals surface area (Å²) in [6, 6.07) is -1.14. The van der Waals surface area contributed by atoms with E-state index in [0.29, 0.717) is 12.8 Å². The fraction of sp³-hybridized carbons (Fsp3) is 0.750. The van der Waals surface area contributed by atoms with Crippen LogP contribution in [0.1, 0.15) is 26.7 Å². The Morgan fingerprint density at radius 2 is 2.22 bits per heavy atom. The summed E-state index contributed by atoms with van der Waals surface area (Å²) in [6.45, 7) is 2.56. The first-order valence-electron chi connectivity index (χ1n) is 5.89. The summed E-state index contributed by atoms with van der Waals surface area (Å²) in [4.78, 5) is 11.1. The van der Waals surface area contributed by atoms with Crippen molar-refractivity contribution < 1.29 is 23.1 Å². The van der Waals surface area contributed by atoms with Crippen molar-refractivity contribution in [1.82, 2.24) is 5.32 Å². The maximum absolute atomic E-state index is 12.1. The van der Waals surface area contributed by atoms with E-state index in [4.69, 9.17) is 5.11 Å². The zero-order valence-electron chi connectivity index (χ0n) is 10.4. The maximum atomic E-state index is 12.1. The van der Waals surface area contributed by atoms with Gasteiger partial charge in [0, 0.05) is 0 Å². The van der Waals surface area contributed by atoms with Crippen molar-refractivity contribution in [2.45, 2.75) is 38.9 Å². The van der Waals surface area contributed by atoms with Crippen LogP contribution in [-0.2, 0) is 4.79 Å². The second kappa shape index (κ2) is 5.73. The highest BCUT2D eigenvalue weighted by atomic mass is 19.4. The zero-order chi connectivity index (χ0) is 13.9. The molecule has 0 bridgehead atoms. The standard InChI is InChI=1S/C12H18F3NO2/c1-7-3-8(2)5-9(4-7)10(11(17)18)16-6-12(13,14)15/h3,7,9-10,16H,4-6H2,1-2H3,(H,17,18). The molecule has 0 fully saturated rings. The molecule has 0 spiro atoms. The summed E-state index contributed by atoms with van der Waals surface area (Å²) in [5.41, 5.74) is 1.04. The summed E-state index contributed by atoms with van der Waals surface area (Å²) in [7, 11) is 0. The Morgan fingerprint density at radius 1 is 1.61 bits per heavy atom. The van der Waals surface area contributed by atoms with Gasteiger partial charge in [-0.2, -0.15) is 13.2 Å². The lowest BCUT2D eigenvalue weighted by Gasteiger charge is -2.30.